The second kappa shape index (κ2) is 7.17. The first-order chi connectivity index (χ1) is 9.65. The molecule has 118 valence electrons. The van der Waals surface area contributed by atoms with E-state index < -0.39 is 9.84 Å². The highest BCUT2D eigenvalue weighted by Crippen LogP contribution is 2.19. The summed E-state index contributed by atoms with van der Waals surface area (Å²) < 4.78 is 23.3. The lowest BCUT2D eigenvalue weighted by Gasteiger charge is -2.10. The number of sulfone groups is 1. The maximum atomic E-state index is 11.9. The van der Waals surface area contributed by atoms with Gasteiger partial charge in [-0.1, -0.05) is 51.2 Å². The minimum Gasteiger partial charge on any atom is -0.351 e. The third kappa shape index (κ3) is 5.97. The molecule has 0 aromatic carbocycles. The van der Waals surface area contributed by atoms with Gasteiger partial charge in [0, 0.05) is 6.54 Å². The molecule has 0 aliphatic heterocycles. The van der Waals surface area contributed by atoms with Crippen LogP contribution < -0.4 is 5.32 Å². The Morgan fingerprint density at radius 3 is 2.67 bits per heavy atom. The largest absolute Gasteiger partial charge is 0.351 e. The van der Waals surface area contributed by atoms with Gasteiger partial charge in [0.05, 0.1) is 11.9 Å². The molecule has 7 heteroatoms. The number of nitrogens with zero attached hydrogens (tertiary/aromatic N) is 1. The summed E-state index contributed by atoms with van der Waals surface area (Å²) in [6, 6.07) is 0. The van der Waals surface area contributed by atoms with Gasteiger partial charge in [0.1, 0.15) is 4.88 Å². The average Bonchev–Trinajstić information content (AvgIpc) is 2.87. The number of thiazole rings is 1. The molecule has 0 unspecified atom stereocenters. The van der Waals surface area contributed by atoms with Crippen LogP contribution in [-0.2, 0) is 9.84 Å². The number of hydrogen-bond donors (Lipinski definition) is 1. The summed E-state index contributed by atoms with van der Waals surface area (Å²) in [6.45, 7) is 8.39. The maximum absolute atomic E-state index is 11.9. The van der Waals surface area contributed by atoms with Crippen molar-refractivity contribution in [2.45, 2.75) is 38.5 Å². The van der Waals surface area contributed by atoms with Crippen molar-refractivity contribution in [1.82, 2.24) is 10.3 Å². The summed E-state index contributed by atoms with van der Waals surface area (Å²) in [5.74, 6) is -0.298. The predicted molar refractivity (Wildman–Crippen MR) is 85.4 cm³/mol. The van der Waals surface area contributed by atoms with Gasteiger partial charge in [0.2, 0.25) is 14.2 Å². The number of rotatable bonds is 6. The van der Waals surface area contributed by atoms with E-state index in [1.165, 1.54) is 6.20 Å². The van der Waals surface area contributed by atoms with Gasteiger partial charge in [-0.3, -0.25) is 4.79 Å². The molecule has 1 rings (SSSR count). The minimum atomic E-state index is -3.34. The second-order valence-electron chi connectivity index (χ2n) is 5.71. The van der Waals surface area contributed by atoms with Gasteiger partial charge >= 0.3 is 0 Å². The highest BCUT2D eigenvalue weighted by molar-refractivity contribution is 7.93. The normalized spacial score (nSPS) is 12.8. The third-order valence-electron chi connectivity index (χ3n) is 2.57. The quantitative estimate of drug-likeness (QED) is 0.642. The van der Waals surface area contributed by atoms with Crippen molar-refractivity contribution < 1.29 is 13.2 Å². The Bertz CT molecular complexity index is 610. The van der Waals surface area contributed by atoms with Crippen molar-refractivity contribution in [3.8, 4) is 0 Å². The Labute approximate surface area is 130 Å². The molecule has 1 aromatic heterocycles. The summed E-state index contributed by atoms with van der Waals surface area (Å²) in [5, 5.41) is 2.75. The van der Waals surface area contributed by atoms with E-state index in [1.807, 2.05) is 6.08 Å². The van der Waals surface area contributed by atoms with E-state index in [-0.39, 0.29) is 21.4 Å². The smallest absolute Gasteiger partial charge is 0.263 e. The molecule has 0 aliphatic carbocycles. The number of hydrogen-bond acceptors (Lipinski definition) is 5. The topological polar surface area (TPSA) is 76.1 Å². The highest BCUT2D eigenvalue weighted by atomic mass is 32.2. The first kappa shape index (κ1) is 17.8. The molecule has 1 N–H and O–H groups in total. The Kier molecular flexibility index (Phi) is 6.10. The Hall–Kier alpha value is -1.21. The average molecular weight is 330 g/mol. The van der Waals surface area contributed by atoms with Crippen LogP contribution in [0.5, 0.6) is 0 Å². The molecule has 1 heterocycles. The SMILES string of the molecule is CCS(=O)(=O)c1ncc(C(=O)NCC/C=C/C(C)(C)C)s1. The van der Waals surface area contributed by atoms with E-state index in [9.17, 15) is 13.2 Å². The van der Waals surface area contributed by atoms with Gasteiger partial charge in [0.15, 0.2) is 0 Å². The fourth-order valence-corrected chi connectivity index (χ4v) is 3.58. The van der Waals surface area contributed by atoms with Crippen LogP contribution in [-0.4, -0.2) is 31.6 Å². The highest BCUT2D eigenvalue weighted by Gasteiger charge is 2.19. The van der Waals surface area contributed by atoms with Crippen molar-refractivity contribution in [3.05, 3.63) is 23.2 Å². The standard InChI is InChI=1S/C14H22N2O3S2/c1-5-21(18,19)13-16-10-11(20-13)12(17)15-9-7-6-8-14(2,3)4/h6,8,10H,5,7,9H2,1-4H3,(H,15,17)/b8-6+. The number of nitrogens with one attached hydrogen (secondary N) is 1. The molecule has 1 amide bonds. The van der Waals surface area contributed by atoms with Crippen LogP contribution in [0.1, 0.15) is 43.8 Å². The first-order valence-electron chi connectivity index (χ1n) is 6.80. The van der Waals surface area contributed by atoms with Crippen molar-refractivity contribution in [2.24, 2.45) is 5.41 Å². The molecular formula is C14H22N2O3S2. The molecule has 0 saturated carbocycles. The predicted octanol–water partition coefficient (Wildman–Crippen LogP) is 2.66. The number of carbonyl (C=O) groups excluding carboxylic acids is 1. The van der Waals surface area contributed by atoms with Gasteiger partial charge in [-0.25, -0.2) is 13.4 Å². The lowest BCUT2D eigenvalue weighted by molar-refractivity contribution is 0.0958. The molecular weight excluding hydrogens is 308 g/mol. The van der Waals surface area contributed by atoms with Crippen molar-refractivity contribution >= 4 is 27.1 Å². The van der Waals surface area contributed by atoms with E-state index in [0.717, 1.165) is 17.8 Å². The maximum Gasteiger partial charge on any atom is 0.263 e. The zero-order chi connectivity index (χ0) is 16.1. The third-order valence-corrected chi connectivity index (χ3v) is 5.77. The van der Waals surface area contributed by atoms with Gasteiger partial charge in [-0.2, -0.15) is 0 Å². The number of carbonyl (C=O) groups is 1. The number of aromatic nitrogens is 1. The minimum absolute atomic E-state index is 0.00257. The zero-order valence-corrected chi connectivity index (χ0v) is 14.5. The lowest BCUT2D eigenvalue weighted by atomic mass is 9.96. The van der Waals surface area contributed by atoms with E-state index in [1.54, 1.807) is 6.92 Å². The Balaban J connectivity index is 2.52. The van der Waals surface area contributed by atoms with Crippen LogP contribution in [0.4, 0.5) is 0 Å². The molecule has 0 spiro atoms. The summed E-state index contributed by atoms with van der Waals surface area (Å²) in [4.78, 5) is 16.0. The van der Waals surface area contributed by atoms with Crippen molar-refractivity contribution in [3.63, 3.8) is 0 Å². The molecule has 0 aliphatic rings. The van der Waals surface area contributed by atoms with Gasteiger partial charge in [0.25, 0.3) is 5.91 Å². The van der Waals surface area contributed by atoms with Crippen LogP contribution in [0.2, 0.25) is 0 Å². The summed E-state index contributed by atoms with van der Waals surface area (Å²) in [6.07, 6.45) is 6.17. The molecule has 0 bridgehead atoms. The van der Waals surface area contributed by atoms with Gasteiger partial charge in [-0.15, -0.1) is 0 Å². The molecule has 0 fully saturated rings. The molecule has 5 nitrogen and oxygen atoms in total. The van der Waals surface area contributed by atoms with Crippen LogP contribution in [0.25, 0.3) is 0 Å². The Morgan fingerprint density at radius 1 is 1.43 bits per heavy atom. The van der Waals surface area contributed by atoms with Crippen LogP contribution in [0, 0.1) is 5.41 Å². The summed E-state index contributed by atoms with van der Waals surface area (Å²) in [7, 11) is -3.34. The summed E-state index contributed by atoms with van der Waals surface area (Å²) in [5.41, 5.74) is 0.130. The van der Waals surface area contributed by atoms with Crippen LogP contribution in [0.3, 0.4) is 0 Å². The van der Waals surface area contributed by atoms with Crippen molar-refractivity contribution in [1.29, 1.82) is 0 Å². The first-order valence-corrected chi connectivity index (χ1v) is 9.27. The number of amides is 1. The second-order valence-corrected chi connectivity index (χ2v) is 9.19. The van der Waals surface area contributed by atoms with Crippen molar-refractivity contribution in [2.75, 3.05) is 12.3 Å². The van der Waals surface area contributed by atoms with Crippen LogP contribution in [0.15, 0.2) is 22.7 Å². The molecule has 0 atom stereocenters. The molecule has 1 aromatic rings. The molecule has 0 saturated heterocycles. The lowest BCUT2D eigenvalue weighted by Crippen LogP contribution is -2.23. The summed E-state index contributed by atoms with van der Waals surface area (Å²) >= 11 is 0.911. The fourth-order valence-electron chi connectivity index (χ4n) is 1.42. The van der Waals surface area contributed by atoms with Gasteiger partial charge < -0.3 is 5.32 Å². The zero-order valence-electron chi connectivity index (χ0n) is 12.8. The monoisotopic (exact) mass is 330 g/mol. The van der Waals surface area contributed by atoms with E-state index in [4.69, 9.17) is 0 Å². The van der Waals surface area contributed by atoms with Crippen LogP contribution >= 0.6 is 11.3 Å². The number of allylic oxidation sites excluding steroid dienone is 1. The van der Waals surface area contributed by atoms with Gasteiger partial charge in [-0.05, 0) is 11.8 Å². The fraction of sp³-hybridized carbons (Fsp3) is 0.571. The van der Waals surface area contributed by atoms with E-state index >= 15 is 0 Å². The molecule has 0 radical (unpaired) electrons. The molecule has 21 heavy (non-hydrogen) atoms. The Morgan fingerprint density at radius 2 is 2.10 bits per heavy atom. The van der Waals surface area contributed by atoms with E-state index in [0.29, 0.717) is 11.4 Å². The van der Waals surface area contributed by atoms with E-state index in [2.05, 4.69) is 37.1 Å².